The monoisotopic (exact) mass is 257 g/mol. The Hall–Kier alpha value is -0.770. The predicted molar refractivity (Wildman–Crippen MR) is 70.6 cm³/mol. The van der Waals surface area contributed by atoms with Crippen LogP contribution in [0.25, 0.3) is 0 Å². The fraction of sp³-hybridized carbons (Fsp3) is 0.538. The molecule has 0 radical (unpaired) electrons. The minimum absolute atomic E-state index is 0.0673. The topological polar surface area (TPSA) is 44.5 Å². The zero-order valence-electron chi connectivity index (χ0n) is 10.7. The average molecular weight is 258 g/mol. The molecule has 96 valence electrons. The highest BCUT2D eigenvalue weighted by molar-refractivity contribution is 6.30. The number of rotatable bonds is 5. The normalized spacial score (nSPS) is 14.8. The van der Waals surface area contributed by atoms with E-state index in [2.05, 4.69) is 13.8 Å². The molecule has 0 bridgehead atoms. The Balaban J connectivity index is 3.08. The fourth-order valence-electron chi connectivity index (χ4n) is 1.98. The largest absolute Gasteiger partial charge is 0.496 e. The first kappa shape index (κ1) is 14.3. The molecule has 1 aromatic rings. The molecule has 0 aliphatic carbocycles. The number of halogens is 1. The SMILES string of the molecule is COc1ccc(Cl)cc1C(N)C(OC)C(C)C. The predicted octanol–water partition coefficient (Wildman–Crippen LogP) is 3.02. The van der Waals surface area contributed by atoms with Crippen LogP contribution in [0.1, 0.15) is 25.5 Å². The first-order chi connectivity index (χ1) is 8.01. The number of hydrogen-bond donors (Lipinski definition) is 1. The van der Waals surface area contributed by atoms with Crippen LogP contribution in [0.5, 0.6) is 5.75 Å². The summed E-state index contributed by atoms with van der Waals surface area (Å²) in [5.74, 6) is 1.06. The van der Waals surface area contributed by atoms with Gasteiger partial charge in [0.15, 0.2) is 0 Å². The molecule has 0 spiro atoms. The first-order valence-corrected chi connectivity index (χ1v) is 6.00. The maximum Gasteiger partial charge on any atom is 0.123 e. The third-order valence-electron chi connectivity index (χ3n) is 2.83. The van der Waals surface area contributed by atoms with Crippen LogP contribution in [-0.2, 0) is 4.74 Å². The molecule has 4 heteroatoms. The molecule has 1 rings (SSSR count). The van der Waals surface area contributed by atoms with E-state index in [0.717, 1.165) is 11.3 Å². The lowest BCUT2D eigenvalue weighted by Gasteiger charge is -2.27. The van der Waals surface area contributed by atoms with Crippen LogP contribution < -0.4 is 10.5 Å². The van der Waals surface area contributed by atoms with E-state index in [0.29, 0.717) is 10.9 Å². The van der Waals surface area contributed by atoms with Crippen LogP contribution in [-0.4, -0.2) is 20.3 Å². The van der Waals surface area contributed by atoms with E-state index in [-0.39, 0.29) is 12.1 Å². The molecule has 2 N–H and O–H groups in total. The second kappa shape index (κ2) is 6.24. The first-order valence-electron chi connectivity index (χ1n) is 5.63. The molecular weight excluding hydrogens is 238 g/mol. The van der Waals surface area contributed by atoms with Crippen molar-refractivity contribution in [1.29, 1.82) is 0 Å². The Morgan fingerprint density at radius 2 is 1.88 bits per heavy atom. The molecule has 0 saturated heterocycles. The van der Waals surface area contributed by atoms with E-state index in [9.17, 15) is 0 Å². The molecule has 17 heavy (non-hydrogen) atoms. The summed E-state index contributed by atoms with van der Waals surface area (Å²) < 4.78 is 10.7. The Bertz CT molecular complexity index is 368. The van der Waals surface area contributed by atoms with Crippen molar-refractivity contribution in [3.63, 3.8) is 0 Å². The Morgan fingerprint density at radius 1 is 1.24 bits per heavy atom. The molecule has 0 aliphatic heterocycles. The van der Waals surface area contributed by atoms with Crippen LogP contribution in [0, 0.1) is 5.92 Å². The second-order valence-corrected chi connectivity index (χ2v) is 4.79. The van der Waals surface area contributed by atoms with Crippen molar-refractivity contribution in [3.05, 3.63) is 28.8 Å². The lowest BCUT2D eigenvalue weighted by atomic mass is 9.93. The third-order valence-corrected chi connectivity index (χ3v) is 3.07. The summed E-state index contributed by atoms with van der Waals surface area (Å²) in [5, 5.41) is 0.648. The van der Waals surface area contributed by atoms with Crippen molar-refractivity contribution in [1.82, 2.24) is 0 Å². The van der Waals surface area contributed by atoms with Gasteiger partial charge in [-0.05, 0) is 24.1 Å². The van der Waals surface area contributed by atoms with Gasteiger partial charge >= 0.3 is 0 Å². The van der Waals surface area contributed by atoms with Gasteiger partial charge in [-0.15, -0.1) is 0 Å². The molecular formula is C13H20ClNO2. The minimum atomic E-state index is -0.256. The Labute approximate surface area is 108 Å². The summed E-state index contributed by atoms with van der Waals surface area (Å²) in [6, 6.07) is 5.19. The van der Waals surface area contributed by atoms with Gasteiger partial charge in [0, 0.05) is 17.7 Å². The summed E-state index contributed by atoms with van der Waals surface area (Å²) in [5.41, 5.74) is 7.11. The number of nitrogens with two attached hydrogens (primary N) is 1. The molecule has 0 heterocycles. The fourth-order valence-corrected chi connectivity index (χ4v) is 2.16. The van der Waals surface area contributed by atoms with Crippen LogP contribution in [0.4, 0.5) is 0 Å². The van der Waals surface area contributed by atoms with E-state index >= 15 is 0 Å². The zero-order valence-corrected chi connectivity index (χ0v) is 11.5. The molecule has 0 amide bonds. The number of methoxy groups -OCH3 is 2. The van der Waals surface area contributed by atoms with Crippen LogP contribution in [0.3, 0.4) is 0 Å². The second-order valence-electron chi connectivity index (χ2n) is 4.36. The Kier molecular flexibility index (Phi) is 5.25. The van der Waals surface area contributed by atoms with Gasteiger partial charge in [-0.25, -0.2) is 0 Å². The van der Waals surface area contributed by atoms with Crippen molar-refractivity contribution in [2.45, 2.75) is 26.0 Å². The van der Waals surface area contributed by atoms with Gasteiger partial charge in [-0.3, -0.25) is 0 Å². The van der Waals surface area contributed by atoms with E-state index in [1.54, 1.807) is 20.3 Å². The van der Waals surface area contributed by atoms with E-state index in [1.165, 1.54) is 0 Å². The van der Waals surface area contributed by atoms with Crippen LogP contribution in [0.2, 0.25) is 5.02 Å². The van der Waals surface area contributed by atoms with Gasteiger partial charge in [-0.1, -0.05) is 25.4 Å². The Morgan fingerprint density at radius 3 is 2.35 bits per heavy atom. The molecule has 0 aliphatic rings. The zero-order chi connectivity index (χ0) is 13.0. The number of benzene rings is 1. The van der Waals surface area contributed by atoms with Gasteiger partial charge in [0.1, 0.15) is 5.75 Å². The molecule has 2 unspecified atom stereocenters. The van der Waals surface area contributed by atoms with Gasteiger partial charge in [0.05, 0.1) is 19.3 Å². The molecule has 1 aromatic carbocycles. The summed E-state index contributed by atoms with van der Waals surface area (Å²) in [7, 11) is 3.29. The van der Waals surface area contributed by atoms with Gasteiger partial charge in [0.25, 0.3) is 0 Å². The van der Waals surface area contributed by atoms with E-state index in [4.69, 9.17) is 26.8 Å². The molecule has 0 saturated carbocycles. The standard InChI is InChI=1S/C13H20ClNO2/c1-8(2)13(17-4)12(15)10-7-9(14)5-6-11(10)16-3/h5-8,12-13H,15H2,1-4H3. The molecule has 0 fully saturated rings. The van der Waals surface area contributed by atoms with Crippen molar-refractivity contribution >= 4 is 11.6 Å². The van der Waals surface area contributed by atoms with Crippen LogP contribution in [0.15, 0.2) is 18.2 Å². The lowest BCUT2D eigenvalue weighted by molar-refractivity contribution is 0.0431. The third kappa shape index (κ3) is 3.35. The van der Waals surface area contributed by atoms with Gasteiger partial charge in [0.2, 0.25) is 0 Å². The minimum Gasteiger partial charge on any atom is -0.496 e. The van der Waals surface area contributed by atoms with E-state index in [1.807, 2.05) is 12.1 Å². The maximum atomic E-state index is 6.23. The summed E-state index contributed by atoms with van der Waals surface area (Å²) in [6.07, 6.45) is -0.0673. The van der Waals surface area contributed by atoms with Crippen molar-refractivity contribution in [3.8, 4) is 5.75 Å². The lowest BCUT2D eigenvalue weighted by Crippen LogP contribution is -2.32. The molecule has 0 aromatic heterocycles. The highest BCUT2D eigenvalue weighted by Gasteiger charge is 2.25. The summed E-state index contributed by atoms with van der Waals surface area (Å²) >= 11 is 5.99. The van der Waals surface area contributed by atoms with Crippen molar-refractivity contribution in [2.75, 3.05) is 14.2 Å². The summed E-state index contributed by atoms with van der Waals surface area (Å²) in [6.45, 7) is 4.15. The smallest absolute Gasteiger partial charge is 0.123 e. The van der Waals surface area contributed by atoms with Crippen LogP contribution >= 0.6 is 11.6 Å². The number of ether oxygens (including phenoxy) is 2. The van der Waals surface area contributed by atoms with E-state index < -0.39 is 0 Å². The average Bonchev–Trinajstić information content (AvgIpc) is 2.29. The number of hydrogen-bond acceptors (Lipinski definition) is 3. The molecule has 3 nitrogen and oxygen atoms in total. The summed E-state index contributed by atoms with van der Waals surface area (Å²) in [4.78, 5) is 0. The van der Waals surface area contributed by atoms with Gasteiger partial charge in [-0.2, -0.15) is 0 Å². The highest BCUT2D eigenvalue weighted by atomic mass is 35.5. The highest BCUT2D eigenvalue weighted by Crippen LogP contribution is 2.31. The van der Waals surface area contributed by atoms with Gasteiger partial charge < -0.3 is 15.2 Å². The van der Waals surface area contributed by atoms with Crippen molar-refractivity contribution < 1.29 is 9.47 Å². The van der Waals surface area contributed by atoms with Crippen molar-refractivity contribution in [2.24, 2.45) is 11.7 Å². The molecule has 2 atom stereocenters. The maximum absolute atomic E-state index is 6.23. The quantitative estimate of drug-likeness (QED) is 0.882.